The number of rotatable bonds is 8. The quantitative estimate of drug-likeness (QED) is 0.200. The van der Waals surface area contributed by atoms with E-state index in [1.54, 1.807) is 0 Å². The highest BCUT2D eigenvalue weighted by Crippen LogP contribution is 2.82. The summed E-state index contributed by atoms with van der Waals surface area (Å²) in [4.78, 5) is 31.7. The van der Waals surface area contributed by atoms with E-state index in [2.05, 4.69) is 45.9 Å². The molecule has 3 fully saturated rings. The summed E-state index contributed by atoms with van der Waals surface area (Å²) in [5.41, 5.74) is -1.77. The molecule has 0 unspecified atom stereocenters. The van der Waals surface area contributed by atoms with Gasteiger partial charge in [0.2, 0.25) is 0 Å². The molecule has 0 aromatic rings. The van der Waals surface area contributed by atoms with Crippen molar-refractivity contribution in [2.24, 2.45) is 56.9 Å². The number of allylic oxidation sites excluding steroid dienone is 1. The minimum atomic E-state index is -1.20. The van der Waals surface area contributed by atoms with Crippen molar-refractivity contribution in [3.8, 4) is 0 Å². The van der Waals surface area contributed by atoms with Gasteiger partial charge in [0.05, 0.1) is 11.6 Å². The van der Waals surface area contributed by atoms with Crippen molar-refractivity contribution in [1.82, 2.24) is 0 Å². The summed E-state index contributed by atoms with van der Waals surface area (Å²) >= 11 is 0. The molecule has 7 atom stereocenters. The van der Waals surface area contributed by atoms with Crippen LogP contribution in [0, 0.1) is 51.8 Å². The minimum Gasteiger partial charge on any atom is -0.481 e. The monoisotopic (exact) mass is 415 g/mol. The number of nitrogens with zero attached hydrogens (tertiary/aromatic N) is 1. The van der Waals surface area contributed by atoms with E-state index in [0.717, 1.165) is 37.5 Å². The number of aliphatic carboxylic acids is 1. The van der Waals surface area contributed by atoms with Gasteiger partial charge in [-0.2, -0.15) is 0 Å². The first-order valence-corrected chi connectivity index (χ1v) is 11.8. The number of carboxylic acid groups (broad SMARTS) is 1. The van der Waals surface area contributed by atoms with Crippen LogP contribution in [0.4, 0.5) is 0 Å². The fraction of sp³-hybridized carbons (Fsp3) is 0.800. The number of carboxylic acids is 1. The van der Waals surface area contributed by atoms with Crippen molar-refractivity contribution in [3.63, 3.8) is 0 Å². The zero-order valence-electron chi connectivity index (χ0n) is 19.1. The Morgan fingerprint density at radius 3 is 2.60 bits per heavy atom. The molecule has 3 saturated carbocycles. The van der Waals surface area contributed by atoms with Gasteiger partial charge in [-0.3, -0.25) is 4.79 Å². The van der Waals surface area contributed by atoms with Crippen molar-refractivity contribution >= 4 is 18.5 Å². The van der Waals surface area contributed by atoms with Gasteiger partial charge in [0, 0.05) is 5.41 Å². The summed E-state index contributed by atoms with van der Waals surface area (Å²) < 4.78 is 0. The van der Waals surface area contributed by atoms with Gasteiger partial charge in [-0.05, 0) is 61.2 Å². The SMILES string of the molecule is CC(C)CCON=C[C@@]12C[C@@H]3[C@H](C)CC[C@H]3[C@@]3(C=O)C[C@@H]1C=C(C(C)C)[C@]32C(=O)O. The molecule has 1 N–H and O–H groups in total. The summed E-state index contributed by atoms with van der Waals surface area (Å²) in [6.45, 7) is 11.2. The molecule has 0 spiro atoms. The van der Waals surface area contributed by atoms with E-state index >= 15 is 0 Å². The van der Waals surface area contributed by atoms with Gasteiger partial charge in [0.1, 0.15) is 18.3 Å². The summed E-state index contributed by atoms with van der Waals surface area (Å²) in [6, 6.07) is 0. The Hall–Kier alpha value is -1.65. The second-order valence-electron chi connectivity index (χ2n) is 11.1. The van der Waals surface area contributed by atoms with Crippen LogP contribution in [-0.2, 0) is 14.4 Å². The fourth-order valence-corrected chi connectivity index (χ4v) is 7.96. The number of aldehydes is 1. The van der Waals surface area contributed by atoms with Crippen LogP contribution in [0.1, 0.15) is 66.7 Å². The molecule has 5 nitrogen and oxygen atoms in total. The molecular weight excluding hydrogens is 378 g/mol. The largest absolute Gasteiger partial charge is 0.481 e. The summed E-state index contributed by atoms with van der Waals surface area (Å²) in [5, 5.41) is 15.2. The van der Waals surface area contributed by atoms with E-state index in [4.69, 9.17) is 4.84 Å². The smallest absolute Gasteiger partial charge is 0.315 e. The highest BCUT2D eigenvalue weighted by molar-refractivity contribution is 5.96. The van der Waals surface area contributed by atoms with Gasteiger partial charge in [-0.1, -0.05) is 57.8 Å². The molecule has 30 heavy (non-hydrogen) atoms. The first-order chi connectivity index (χ1) is 14.2. The molecule has 0 aromatic heterocycles. The lowest BCUT2D eigenvalue weighted by Crippen LogP contribution is -2.63. The topological polar surface area (TPSA) is 76.0 Å². The Bertz CT molecular complexity index is 786. The predicted octanol–water partition coefficient (Wildman–Crippen LogP) is 4.96. The molecule has 5 heteroatoms. The van der Waals surface area contributed by atoms with Crippen molar-refractivity contribution < 1.29 is 19.5 Å². The Kier molecular flexibility index (Phi) is 5.18. The normalized spacial score (nSPS) is 44.0. The first-order valence-electron chi connectivity index (χ1n) is 11.8. The van der Waals surface area contributed by atoms with Gasteiger partial charge in [-0.15, -0.1) is 0 Å². The van der Waals surface area contributed by atoms with Crippen LogP contribution in [-0.4, -0.2) is 30.2 Å². The van der Waals surface area contributed by atoms with Crippen LogP contribution in [0.2, 0.25) is 0 Å². The Morgan fingerprint density at radius 1 is 1.27 bits per heavy atom. The summed E-state index contributed by atoms with van der Waals surface area (Å²) in [6.07, 6.45) is 9.41. The number of fused-ring (bicyclic) bond motifs is 2. The van der Waals surface area contributed by atoms with Gasteiger partial charge in [0.25, 0.3) is 0 Å². The molecule has 4 aliphatic carbocycles. The van der Waals surface area contributed by atoms with E-state index in [-0.39, 0.29) is 17.8 Å². The predicted molar refractivity (Wildman–Crippen MR) is 116 cm³/mol. The number of hydrogen-bond donors (Lipinski definition) is 1. The second kappa shape index (κ2) is 7.20. The Balaban J connectivity index is 1.84. The molecule has 4 aliphatic rings. The van der Waals surface area contributed by atoms with E-state index in [9.17, 15) is 14.7 Å². The van der Waals surface area contributed by atoms with Crippen LogP contribution in [0.15, 0.2) is 16.8 Å². The van der Waals surface area contributed by atoms with Gasteiger partial charge >= 0.3 is 5.97 Å². The minimum absolute atomic E-state index is 0.0337. The lowest BCUT2D eigenvalue weighted by atomic mass is 9.43. The van der Waals surface area contributed by atoms with Crippen molar-refractivity contribution in [3.05, 3.63) is 11.6 Å². The first kappa shape index (κ1) is 21.6. The zero-order chi connectivity index (χ0) is 21.9. The van der Waals surface area contributed by atoms with Crippen molar-refractivity contribution in [2.75, 3.05) is 6.61 Å². The lowest BCUT2D eigenvalue weighted by molar-refractivity contribution is -0.173. The maximum Gasteiger partial charge on any atom is 0.315 e. The van der Waals surface area contributed by atoms with E-state index in [1.165, 1.54) is 0 Å². The third-order valence-electron chi connectivity index (χ3n) is 9.14. The van der Waals surface area contributed by atoms with Crippen molar-refractivity contribution in [2.45, 2.75) is 66.7 Å². The van der Waals surface area contributed by atoms with Crippen LogP contribution < -0.4 is 0 Å². The van der Waals surface area contributed by atoms with Gasteiger partial charge < -0.3 is 14.7 Å². The zero-order valence-corrected chi connectivity index (χ0v) is 19.1. The highest BCUT2D eigenvalue weighted by atomic mass is 16.6. The molecule has 166 valence electrons. The molecule has 0 aromatic carbocycles. The molecule has 0 saturated heterocycles. The number of oxime groups is 1. The van der Waals surface area contributed by atoms with Gasteiger partial charge in [0.15, 0.2) is 0 Å². The second-order valence-corrected chi connectivity index (χ2v) is 11.1. The van der Waals surface area contributed by atoms with Crippen LogP contribution in [0.3, 0.4) is 0 Å². The molecule has 4 rings (SSSR count). The molecule has 4 bridgehead atoms. The standard InChI is InChI=1S/C25H37NO4/c1-15(2)8-9-30-26-13-23-12-19-17(5)6-7-20(19)24(14-27)11-18(23)10-21(16(3)4)25(23,24)22(28)29/h10,13-20H,6-9,11-12H2,1-5H3,(H,28,29)/t17-,18+,19-,20-,23+,24+,25-/m1/s1. The van der Waals surface area contributed by atoms with E-state index < -0.39 is 22.2 Å². The maximum absolute atomic E-state index is 13.2. The van der Waals surface area contributed by atoms with Gasteiger partial charge in [-0.25, -0.2) is 0 Å². The third-order valence-corrected chi connectivity index (χ3v) is 9.14. The van der Waals surface area contributed by atoms with Crippen LogP contribution in [0.25, 0.3) is 0 Å². The fourth-order valence-electron chi connectivity index (χ4n) is 7.96. The third kappa shape index (κ3) is 2.44. The average molecular weight is 416 g/mol. The Labute approximate surface area is 180 Å². The van der Waals surface area contributed by atoms with Crippen LogP contribution >= 0.6 is 0 Å². The average Bonchev–Trinajstić information content (AvgIpc) is 3.24. The van der Waals surface area contributed by atoms with E-state index in [1.807, 2.05) is 6.21 Å². The van der Waals surface area contributed by atoms with E-state index in [0.29, 0.717) is 30.8 Å². The highest BCUT2D eigenvalue weighted by Gasteiger charge is 2.84. The lowest BCUT2D eigenvalue weighted by Gasteiger charge is -2.57. The summed E-state index contributed by atoms with van der Waals surface area (Å²) in [7, 11) is 0. The Morgan fingerprint density at radius 2 is 2.00 bits per heavy atom. The molecule has 0 radical (unpaired) electrons. The van der Waals surface area contributed by atoms with Crippen LogP contribution in [0.5, 0.6) is 0 Å². The number of carbonyl (C=O) groups excluding carboxylic acids is 1. The van der Waals surface area contributed by atoms with Crippen molar-refractivity contribution in [1.29, 1.82) is 0 Å². The number of hydrogen-bond acceptors (Lipinski definition) is 4. The summed E-state index contributed by atoms with van der Waals surface area (Å²) in [5.74, 6) is 0.822. The molecule has 0 amide bonds. The molecule has 0 heterocycles. The molecular formula is C25H37NO4. The number of carbonyl (C=O) groups is 2. The maximum atomic E-state index is 13.2. The molecule has 0 aliphatic heterocycles.